The van der Waals surface area contributed by atoms with Gasteiger partial charge in [-0.25, -0.2) is 0 Å². The molecule has 73 heavy (non-hydrogen) atoms. The van der Waals surface area contributed by atoms with Crippen LogP contribution in [0.3, 0.4) is 0 Å². The number of amides is 1. The fraction of sp³-hybridized carbons (Fsp3) is 0.712. The summed E-state index contributed by atoms with van der Waals surface area (Å²) in [7, 11) is 0. The molecule has 0 aromatic rings. The van der Waals surface area contributed by atoms with Crippen LogP contribution in [0.25, 0.3) is 0 Å². The van der Waals surface area contributed by atoms with Crippen molar-refractivity contribution in [1.29, 1.82) is 0 Å². The minimum atomic E-state index is -1.78. The van der Waals surface area contributed by atoms with Crippen molar-refractivity contribution in [2.24, 2.45) is 0 Å². The van der Waals surface area contributed by atoms with Gasteiger partial charge >= 0.3 is 0 Å². The Labute approximate surface area is 439 Å². The molecule has 2 saturated heterocycles. The minimum absolute atomic E-state index is 0.226. The van der Waals surface area contributed by atoms with Crippen LogP contribution in [-0.4, -0.2) is 140 Å². The molecule has 0 aromatic heterocycles. The molecule has 14 nitrogen and oxygen atoms in total. The molecular formula is C59H99NO13. The molecule has 2 fully saturated rings. The molecule has 2 aliphatic heterocycles. The molecule has 12 atom stereocenters. The lowest BCUT2D eigenvalue weighted by Gasteiger charge is -2.46. The highest BCUT2D eigenvalue weighted by atomic mass is 16.7. The van der Waals surface area contributed by atoms with E-state index in [1.54, 1.807) is 0 Å². The first-order valence-corrected chi connectivity index (χ1v) is 28.0. The van der Waals surface area contributed by atoms with Gasteiger partial charge in [-0.2, -0.15) is 0 Å². The maximum absolute atomic E-state index is 13.1. The van der Waals surface area contributed by atoms with Crippen LogP contribution in [-0.2, 0) is 23.7 Å². The van der Waals surface area contributed by atoms with Crippen molar-refractivity contribution in [3.63, 3.8) is 0 Å². The van der Waals surface area contributed by atoms with Crippen molar-refractivity contribution < 1.29 is 64.6 Å². The second-order valence-corrected chi connectivity index (χ2v) is 19.3. The summed E-state index contributed by atoms with van der Waals surface area (Å²) in [6, 6.07) is -0.832. The van der Waals surface area contributed by atoms with Crippen LogP contribution in [0, 0.1) is 0 Å². The number of rotatable bonds is 42. The molecule has 0 saturated carbocycles. The number of hydrogen-bond acceptors (Lipinski definition) is 13. The van der Waals surface area contributed by atoms with Crippen molar-refractivity contribution >= 4 is 5.91 Å². The number of hydrogen-bond donors (Lipinski definition) is 9. The fourth-order valence-corrected chi connectivity index (χ4v) is 8.54. The highest BCUT2D eigenvalue weighted by Gasteiger charge is 2.51. The third kappa shape index (κ3) is 30.3. The van der Waals surface area contributed by atoms with Crippen molar-refractivity contribution in [3.05, 3.63) is 97.2 Å². The minimum Gasteiger partial charge on any atom is -0.394 e. The Bertz CT molecular complexity index is 1590. The second kappa shape index (κ2) is 44.1. The molecule has 0 aliphatic carbocycles. The first kappa shape index (κ1) is 66.0. The predicted molar refractivity (Wildman–Crippen MR) is 290 cm³/mol. The van der Waals surface area contributed by atoms with E-state index in [-0.39, 0.29) is 12.5 Å². The van der Waals surface area contributed by atoms with Gasteiger partial charge in [0.2, 0.25) is 5.91 Å². The summed E-state index contributed by atoms with van der Waals surface area (Å²) in [5, 5.41) is 86.3. The van der Waals surface area contributed by atoms with Crippen LogP contribution < -0.4 is 5.32 Å². The van der Waals surface area contributed by atoms with Gasteiger partial charge in [-0.05, 0) is 77.0 Å². The Morgan fingerprint density at radius 2 is 0.945 bits per heavy atom. The second-order valence-electron chi connectivity index (χ2n) is 19.3. The van der Waals surface area contributed by atoms with E-state index in [4.69, 9.17) is 18.9 Å². The van der Waals surface area contributed by atoms with E-state index in [0.29, 0.717) is 19.3 Å². The standard InChI is InChI=1S/C59H99NO13/c1-3-5-7-9-10-11-12-13-14-15-16-17-18-19-20-21-22-23-24-25-26-27-28-29-30-31-32-33-34-35-36-37-38-39-41-43-51(64)60-47(48(63)42-40-8-6-4-2)46-70-58-56(69)54(67)57(50(45-62)72-58)73-59-55(68)53(66)52(65)49(44-61)71-59/h5,7,10-11,13-14,16-17,19-20,22-23,25-26,28-29,47-50,52-59,61-63,65-69H,3-4,6,8-9,12,15,18,21,24,27,30-46H2,1-2H3,(H,60,64)/b7-5-,11-10-,14-13-,17-16-,20-19-,23-22-,26-25-,29-28-. The van der Waals surface area contributed by atoms with Crippen LogP contribution in [0.1, 0.15) is 174 Å². The Morgan fingerprint density at radius 3 is 1.44 bits per heavy atom. The molecule has 0 bridgehead atoms. The van der Waals surface area contributed by atoms with Gasteiger partial charge < -0.3 is 65.1 Å². The molecule has 0 spiro atoms. The number of aliphatic hydroxyl groups is 8. The number of aliphatic hydroxyl groups excluding tert-OH is 8. The molecule has 2 aliphatic rings. The third-order valence-electron chi connectivity index (χ3n) is 13.1. The van der Waals surface area contributed by atoms with E-state index in [2.05, 4.69) is 116 Å². The Hall–Kier alpha value is -3.09. The zero-order chi connectivity index (χ0) is 53.2. The van der Waals surface area contributed by atoms with Gasteiger partial charge in [0.1, 0.15) is 48.8 Å². The van der Waals surface area contributed by atoms with Gasteiger partial charge in [0, 0.05) is 6.42 Å². The lowest BCUT2D eigenvalue weighted by Crippen LogP contribution is -2.65. The van der Waals surface area contributed by atoms with E-state index >= 15 is 0 Å². The van der Waals surface area contributed by atoms with Crippen LogP contribution in [0.15, 0.2) is 97.2 Å². The summed E-state index contributed by atoms with van der Waals surface area (Å²) in [6.07, 6.45) is 43.7. The van der Waals surface area contributed by atoms with Crippen molar-refractivity contribution in [2.75, 3.05) is 19.8 Å². The van der Waals surface area contributed by atoms with Gasteiger partial charge in [-0.1, -0.05) is 188 Å². The van der Waals surface area contributed by atoms with Crippen LogP contribution in [0.5, 0.6) is 0 Å². The van der Waals surface area contributed by atoms with E-state index in [0.717, 1.165) is 103 Å². The molecule has 0 radical (unpaired) electrons. The summed E-state index contributed by atoms with van der Waals surface area (Å²) in [5.74, 6) is -0.226. The summed E-state index contributed by atoms with van der Waals surface area (Å²) in [4.78, 5) is 13.1. The van der Waals surface area contributed by atoms with Crippen LogP contribution >= 0.6 is 0 Å². The third-order valence-corrected chi connectivity index (χ3v) is 13.1. The van der Waals surface area contributed by atoms with Gasteiger partial charge in [0.05, 0.1) is 32.0 Å². The lowest BCUT2D eigenvalue weighted by atomic mass is 9.97. The van der Waals surface area contributed by atoms with Crippen molar-refractivity contribution in [3.8, 4) is 0 Å². The molecule has 14 heteroatoms. The van der Waals surface area contributed by atoms with E-state index < -0.39 is 86.8 Å². The maximum Gasteiger partial charge on any atom is 0.220 e. The molecule has 12 unspecified atom stereocenters. The average Bonchev–Trinajstić information content (AvgIpc) is 3.39. The van der Waals surface area contributed by atoms with Gasteiger partial charge in [0.25, 0.3) is 0 Å². The van der Waals surface area contributed by atoms with Crippen molar-refractivity contribution in [2.45, 2.75) is 248 Å². The highest BCUT2D eigenvalue weighted by molar-refractivity contribution is 5.76. The molecule has 0 aromatic carbocycles. The first-order chi connectivity index (χ1) is 35.6. The maximum atomic E-state index is 13.1. The fourth-order valence-electron chi connectivity index (χ4n) is 8.54. The highest BCUT2D eigenvalue weighted by Crippen LogP contribution is 2.30. The van der Waals surface area contributed by atoms with Crippen molar-refractivity contribution in [1.82, 2.24) is 5.32 Å². The van der Waals surface area contributed by atoms with Gasteiger partial charge in [-0.3, -0.25) is 4.79 Å². The number of ether oxygens (including phenoxy) is 4. The SMILES string of the molecule is CC/C=C\C/C=C\C/C=C\C/C=C\C/C=C\C/C=C\C/C=C\C/C=C\CCCCCCCCCCCCC(=O)NC(COC1OC(CO)C(OC2OC(CO)C(O)C(O)C2O)C(O)C1O)C(O)CCCCCC. The lowest BCUT2D eigenvalue weighted by molar-refractivity contribution is -0.359. The molecule has 418 valence electrons. The summed E-state index contributed by atoms with van der Waals surface area (Å²) in [6.45, 7) is 2.58. The van der Waals surface area contributed by atoms with Gasteiger partial charge in [-0.15, -0.1) is 0 Å². The summed E-state index contributed by atoms with van der Waals surface area (Å²) >= 11 is 0. The molecular weight excluding hydrogens is 931 g/mol. The Kier molecular flexibility index (Phi) is 39.9. The smallest absolute Gasteiger partial charge is 0.220 e. The molecule has 9 N–H and O–H groups in total. The predicted octanol–water partition coefficient (Wildman–Crippen LogP) is 8.71. The number of carbonyl (C=O) groups is 1. The van der Waals surface area contributed by atoms with Crippen LogP contribution in [0.4, 0.5) is 0 Å². The monoisotopic (exact) mass is 1030 g/mol. The Morgan fingerprint density at radius 1 is 0.507 bits per heavy atom. The summed E-state index contributed by atoms with van der Waals surface area (Å²) in [5.41, 5.74) is 0. The molecule has 2 rings (SSSR count). The largest absolute Gasteiger partial charge is 0.394 e. The van der Waals surface area contributed by atoms with E-state index in [1.807, 2.05) is 0 Å². The summed E-state index contributed by atoms with van der Waals surface area (Å²) < 4.78 is 22.6. The van der Waals surface area contributed by atoms with E-state index in [9.17, 15) is 45.6 Å². The topological polar surface area (TPSA) is 228 Å². The number of carbonyl (C=O) groups excluding carboxylic acids is 1. The normalized spacial score (nSPS) is 26.2. The number of nitrogens with one attached hydrogen (secondary N) is 1. The van der Waals surface area contributed by atoms with E-state index in [1.165, 1.54) is 38.5 Å². The number of allylic oxidation sites excluding steroid dienone is 16. The first-order valence-electron chi connectivity index (χ1n) is 28.0. The van der Waals surface area contributed by atoms with Gasteiger partial charge in [0.15, 0.2) is 12.6 Å². The molecule has 2 heterocycles. The quantitative estimate of drug-likeness (QED) is 0.0206. The zero-order valence-corrected chi connectivity index (χ0v) is 44.6. The average molecular weight is 1030 g/mol. The number of unbranched alkanes of at least 4 members (excludes halogenated alkanes) is 13. The van der Waals surface area contributed by atoms with Crippen LogP contribution in [0.2, 0.25) is 0 Å². The Balaban J connectivity index is 1.55. The molecule has 1 amide bonds. The zero-order valence-electron chi connectivity index (χ0n) is 44.6.